The molecule has 2 unspecified atom stereocenters. The Bertz CT molecular complexity index is 315. The average Bonchev–Trinajstić information content (AvgIpc) is 2.46. The van der Waals surface area contributed by atoms with Crippen molar-refractivity contribution in [2.75, 3.05) is 6.54 Å². The lowest BCUT2D eigenvalue weighted by Gasteiger charge is -2.33. The van der Waals surface area contributed by atoms with Crippen LogP contribution in [0, 0.1) is 5.41 Å². The zero-order valence-corrected chi connectivity index (χ0v) is 9.74. The van der Waals surface area contributed by atoms with Gasteiger partial charge in [-0.15, -0.1) is 0 Å². The summed E-state index contributed by atoms with van der Waals surface area (Å²) >= 11 is 0. The molecule has 4 heteroatoms. The first kappa shape index (κ1) is 11.4. The van der Waals surface area contributed by atoms with Gasteiger partial charge in [0.25, 0.3) is 0 Å². The number of aliphatic carboxylic acids is 1. The fraction of sp³-hybridized carbons (Fsp3) is 0.833. The number of carboxylic acids is 1. The molecule has 1 N–H and O–H groups in total. The SMILES string of the molecule is CC(=O)N1CCC2(C(=O)O)CCCCCC12. The summed E-state index contributed by atoms with van der Waals surface area (Å²) in [6, 6.07) is -0.0648. The molecular formula is C12H19NO3. The molecule has 1 saturated heterocycles. The van der Waals surface area contributed by atoms with Crippen LogP contribution in [-0.4, -0.2) is 34.5 Å². The monoisotopic (exact) mass is 225 g/mol. The molecule has 1 aliphatic heterocycles. The number of carbonyl (C=O) groups is 2. The van der Waals surface area contributed by atoms with E-state index in [2.05, 4.69) is 0 Å². The lowest BCUT2D eigenvalue weighted by molar-refractivity contribution is -0.151. The predicted molar refractivity (Wildman–Crippen MR) is 58.9 cm³/mol. The van der Waals surface area contributed by atoms with Crippen LogP contribution in [0.1, 0.15) is 45.4 Å². The van der Waals surface area contributed by atoms with Crippen LogP contribution in [0.15, 0.2) is 0 Å². The van der Waals surface area contributed by atoms with E-state index in [9.17, 15) is 14.7 Å². The number of hydrogen-bond acceptors (Lipinski definition) is 2. The van der Waals surface area contributed by atoms with Gasteiger partial charge in [0.1, 0.15) is 0 Å². The highest BCUT2D eigenvalue weighted by Crippen LogP contribution is 2.46. The quantitative estimate of drug-likeness (QED) is 0.738. The van der Waals surface area contributed by atoms with Crippen LogP contribution in [0.4, 0.5) is 0 Å². The Balaban J connectivity index is 2.31. The van der Waals surface area contributed by atoms with Gasteiger partial charge in [-0.25, -0.2) is 0 Å². The second kappa shape index (κ2) is 4.07. The van der Waals surface area contributed by atoms with Crippen molar-refractivity contribution in [3.05, 3.63) is 0 Å². The second-order valence-electron chi connectivity index (χ2n) is 5.04. The van der Waals surface area contributed by atoms with Crippen molar-refractivity contribution >= 4 is 11.9 Å². The zero-order chi connectivity index (χ0) is 11.8. The van der Waals surface area contributed by atoms with E-state index in [1.807, 2.05) is 0 Å². The molecule has 1 heterocycles. The van der Waals surface area contributed by atoms with Crippen molar-refractivity contribution in [2.45, 2.75) is 51.5 Å². The summed E-state index contributed by atoms with van der Waals surface area (Å²) in [5.74, 6) is -0.682. The minimum Gasteiger partial charge on any atom is -0.481 e. The summed E-state index contributed by atoms with van der Waals surface area (Å²) in [6.45, 7) is 2.16. The topological polar surface area (TPSA) is 57.6 Å². The maximum atomic E-state index is 11.5. The number of likely N-dealkylation sites (tertiary alicyclic amines) is 1. The van der Waals surface area contributed by atoms with E-state index in [1.165, 1.54) is 0 Å². The Hall–Kier alpha value is -1.06. The van der Waals surface area contributed by atoms with Gasteiger partial charge in [0, 0.05) is 19.5 Å². The molecule has 0 aromatic heterocycles. The molecule has 2 fully saturated rings. The average molecular weight is 225 g/mol. The highest BCUT2D eigenvalue weighted by molar-refractivity contribution is 5.80. The van der Waals surface area contributed by atoms with Gasteiger partial charge in [-0.1, -0.05) is 19.3 Å². The van der Waals surface area contributed by atoms with Gasteiger partial charge in [0.2, 0.25) is 5.91 Å². The van der Waals surface area contributed by atoms with Crippen LogP contribution in [-0.2, 0) is 9.59 Å². The molecule has 90 valence electrons. The summed E-state index contributed by atoms with van der Waals surface area (Å²) in [6.07, 6.45) is 5.34. The van der Waals surface area contributed by atoms with Crippen molar-refractivity contribution in [3.8, 4) is 0 Å². The largest absolute Gasteiger partial charge is 0.481 e. The van der Waals surface area contributed by atoms with Crippen LogP contribution in [0.25, 0.3) is 0 Å². The first-order chi connectivity index (χ1) is 7.58. The molecule has 0 bridgehead atoms. The van der Waals surface area contributed by atoms with Crippen LogP contribution < -0.4 is 0 Å². The summed E-state index contributed by atoms with van der Waals surface area (Å²) < 4.78 is 0. The number of fused-ring (bicyclic) bond motifs is 1. The summed E-state index contributed by atoms with van der Waals surface area (Å²) in [4.78, 5) is 24.8. The molecule has 0 spiro atoms. The molecule has 0 aromatic rings. The van der Waals surface area contributed by atoms with E-state index in [4.69, 9.17) is 0 Å². The molecule has 1 saturated carbocycles. The van der Waals surface area contributed by atoms with Crippen LogP contribution in [0.2, 0.25) is 0 Å². The van der Waals surface area contributed by atoms with Crippen LogP contribution in [0.5, 0.6) is 0 Å². The zero-order valence-electron chi connectivity index (χ0n) is 9.74. The fourth-order valence-electron chi connectivity index (χ4n) is 3.35. The van der Waals surface area contributed by atoms with Crippen LogP contribution >= 0.6 is 0 Å². The van der Waals surface area contributed by atoms with Gasteiger partial charge in [-0.05, 0) is 19.3 Å². The number of carbonyl (C=O) groups excluding carboxylic acids is 1. The summed E-state index contributed by atoms with van der Waals surface area (Å²) in [5.41, 5.74) is -0.651. The van der Waals surface area contributed by atoms with Gasteiger partial charge in [0.05, 0.1) is 5.41 Å². The molecule has 4 nitrogen and oxygen atoms in total. The van der Waals surface area contributed by atoms with Gasteiger partial charge < -0.3 is 10.0 Å². The van der Waals surface area contributed by atoms with Gasteiger partial charge in [-0.3, -0.25) is 9.59 Å². The normalized spacial score (nSPS) is 34.3. The molecule has 2 atom stereocenters. The Labute approximate surface area is 95.6 Å². The number of nitrogens with zero attached hydrogens (tertiary/aromatic N) is 1. The smallest absolute Gasteiger partial charge is 0.311 e. The Morgan fingerprint density at radius 2 is 2.00 bits per heavy atom. The Morgan fingerprint density at radius 1 is 1.25 bits per heavy atom. The number of rotatable bonds is 1. The minimum absolute atomic E-state index is 0.0232. The van der Waals surface area contributed by atoms with Crippen molar-refractivity contribution in [1.29, 1.82) is 0 Å². The van der Waals surface area contributed by atoms with Crippen molar-refractivity contribution in [1.82, 2.24) is 4.90 Å². The highest BCUT2D eigenvalue weighted by Gasteiger charge is 2.53. The molecule has 2 aliphatic rings. The highest BCUT2D eigenvalue weighted by atomic mass is 16.4. The molecule has 2 rings (SSSR count). The van der Waals surface area contributed by atoms with E-state index in [0.29, 0.717) is 13.0 Å². The molecular weight excluding hydrogens is 206 g/mol. The minimum atomic E-state index is -0.705. The lowest BCUT2D eigenvalue weighted by atomic mass is 9.76. The molecule has 1 aliphatic carbocycles. The van der Waals surface area contributed by atoms with E-state index < -0.39 is 11.4 Å². The number of carboxylic acid groups (broad SMARTS) is 1. The van der Waals surface area contributed by atoms with Gasteiger partial charge >= 0.3 is 5.97 Å². The standard InChI is InChI=1S/C12H19NO3/c1-9(14)13-8-7-12(11(15)16)6-4-2-3-5-10(12)13/h10H,2-8H2,1H3,(H,15,16). The van der Waals surface area contributed by atoms with Crippen molar-refractivity contribution in [2.24, 2.45) is 5.41 Å². The number of amides is 1. The maximum Gasteiger partial charge on any atom is 0.311 e. The molecule has 0 aromatic carbocycles. The predicted octanol–water partition coefficient (Wildman–Crippen LogP) is 1.64. The summed E-state index contributed by atoms with van der Waals surface area (Å²) in [5, 5.41) is 9.49. The first-order valence-electron chi connectivity index (χ1n) is 6.08. The van der Waals surface area contributed by atoms with E-state index >= 15 is 0 Å². The van der Waals surface area contributed by atoms with E-state index in [0.717, 1.165) is 32.1 Å². The lowest BCUT2D eigenvalue weighted by Crippen LogP contribution is -2.45. The maximum absolute atomic E-state index is 11.5. The number of hydrogen-bond donors (Lipinski definition) is 1. The summed E-state index contributed by atoms with van der Waals surface area (Å²) in [7, 11) is 0. The third-order valence-electron chi connectivity index (χ3n) is 4.24. The molecule has 1 amide bonds. The van der Waals surface area contributed by atoms with Gasteiger partial charge in [0.15, 0.2) is 0 Å². The Kier molecular flexibility index (Phi) is 2.91. The Morgan fingerprint density at radius 3 is 2.62 bits per heavy atom. The van der Waals surface area contributed by atoms with E-state index in [1.54, 1.807) is 11.8 Å². The van der Waals surface area contributed by atoms with E-state index in [-0.39, 0.29) is 11.9 Å². The van der Waals surface area contributed by atoms with Gasteiger partial charge in [-0.2, -0.15) is 0 Å². The fourth-order valence-corrected chi connectivity index (χ4v) is 3.35. The third-order valence-corrected chi connectivity index (χ3v) is 4.24. The van der Waals surface area contributed by atoms with Crippen molar-refractivity contribution < 1.29 is 14.7 Å². The molecule has 0 radical (unpaired) electrons. The van der Waals surface area contributed by atoms with Crippen LogP contribution in [0.3, 0.4) is 0 Å². The first-order valence-corrected chi connectivity index (χ1v) is 6.08. The third kappa shape index (κ3) is 1.60. The second-order valence-corrected chi connectivity index (χ2v) is 5.04. The molecule has 16 heavy (non-hydrogen) atoms. The van der Waals surface area contributed by atoms with Crippen molar-refractivity contribution in [3.63, 3.8) is 0 Å².